The van der Waals surface area contributed by atoms with E-state index in [2.05, 4.69) is 10.1 Å². The molecule has 0 bridgehead atoms. The van der Waals surface area contributed by atoms with Crippen molar-refractivity contribution < 1.29 is 40.7 Å². The van der Waals surface area contributed by atoms with Crippen molar-refractivity contribution in [2.45, 2.75) is 24.8 Å². The smallest absolute Gasteiger partial charge is 0.416 e. The lowest BCUT2D eigenvalue weighted by Crippen LogP contribution is -2.43. The SMILES string of the molecule is COC(=O)[C@@H](Cc1ccc(C(F)(F)F)cc1)NC(=O)c1ccc(C(F)(F)F)cc1. The van der Waals surface area contributed by atoms with E-state index in [0.29, 0.717) is 5.56 Å². The van der Waals surface area contributed by atoms with E-state index in [9.17, 15) is 35.9 Å². The summed E-state index contributed by atoms with van der Waals surface area (Å²) in [5.74, 6) is -1.69. The van der Waals surface area contributed by atoms with E-state index in [1.54, 1.807) is 0 Å². The summed E-state index contributed by atoms with van der Waals surface area (Å²) in [6.45, 7) is 0. The van der Waals surface area contributed by atoms with Crippen LogP contribution in [0.15, 0.2) is 48.5 Å². The van der Waals surface area contributed by atoms with Crippen LogP contribution >= 0.6 is 0 Å². The second kappa shape index (κ2) is 8.54. The van der Waals surface area contributed by atoms with Gasteiger partial charge in [-0.3, -0.25) is 4.79 Å². The second-order valence-electron chi connectivity index (χ2n) is 6.02. The zero-order chi connectivity index (χ0) is 21.8. The maximum absolute atomic E-state index is 12.6. The number of rotatable bonds is 5. The molecule has 29 heavy (non-hydrogen) atoms. The molecule has 156 valence electrons. The van der Waals surface area contributed by atoms with Crippen molar-refractivity contribution in [3.8, 4) is 0 Å². The van der Waals surface area contributed by atoms with Crippen molar-refractivity contribution >= 4 is 11.9 Å². The minimum atomic E-state index is -4.56. The van der Waals surface area contributed by atoms with Crippen molar-refractivity contribution in [2.75, 3.05) is 7.11 Å². The molecule has 0 spiro atoms. The van der Waals surface area contributed by atoms with Gasteiger partial charge in [-0.15, -0.1) is 0 Å². The molecule has 0 aliphatic rings. The minimum absolute atomic E-state index is 0.126. The van der Waals surface area contributed by atoms with Crippen LogP contribution in [0.2, 0.25) is 0 Å². The molecule has 0 aliphatic carbocycles. The van der Waals surface area contributed by atoms with Gasteiger partial charge in [0, 0.05) is 12.0 Å². The third-order valence-corrected chi connectivity index (χ3v) is 3.99. The number of methoxy groups -OCH3 is 1. The lowest BCUT2D eigenvalue weighted by molar-refractivity contribution is -0.143. The molecule has 2 rings (SSSR count). The van der Waals surface area contributed by atoms with Crippen molar-refractivity contribution in [2.24, 2.45) is 0 Å². The molecule has 0 saturated carbocycles. The van der Waals surface area contributed by atoms with E-state index in [0.717, 1.165) is 55.6 Å². The van der Waals surface area contributed by atoms with Gasteiger partial charge in [0.15, 0.2) is 0 Å². The molecular formula is C19H15F6NO3. The lowest BCUT2D eigenvalue weighted by Gasteiger charge is -2.17. The van der Waals surface area contributed by atoms with Gasteiger partial charge in [-0.25, -0.2) is 4.79 Å². The molecule has 1 atom stereocenters. The maximum Gasteiger partial charge on any atom is 0.416 e. The van der Waals surface area contributed by atoms with Crippen molar-refractivity contribution in [1.82, 2.24) is 5.32 Å². The summed E-state index contributed by atoms with van der Waals surface area (Å²) >= 11 is 0. The Morgan fingerprint density at radius 3 is 1.72 bits per heavy atom. The molecule has 0 aliphatic heterocycles. The van der Waals surface area contributed by atoms with Gasteiger partial charge in [-0.2, -0.15) is 26.3 Å². The summed E-state index contributed by atoms with van der Waals surface area (Å²) < 4.78 is 80.2. The fraction of sp³-hybridized carbons (Fsp3) is 0.263. The summed E-state index contributed by atoms with van der Waals surface area (Å²) in [5, 5.41) is 2.32. The van der Waals surface area contributed by atoms with E-state index in [1.807, 2.05) is 0 Å². The van der Waals surface area contributed by atoms with Gasteiger partial charge in [0.25, 0.3) is 5.91 Å². The Hall–Kier alpha value is -3.04. The predicted octanol–water partition coefficient (Wildman–Crippen LogP) is 4.24. The van der Waals surface area contributed by atoms with Gasteiger partial charge >= 0.3 is 18.3 Å². The third-order valence-electron chi connectivity index (χ3n) is 3.99. The van der Waals surface area contributed by atoms with Crippen LogP contribution in [-0.2, 0) is 28.3 Å². The molecule has 0 radical (unpaired) electrons. The first-order valence-electron chi connectivity index (χ1n) is 8.14. The number of benzene rings is 2. The van der Waals surface area contributed by atoms with Crippen LogP contribution in [0.3, 0.4) is 0 Å². The van der Waals surface area contributed by atoms with Crippen LogP contribution in [0, 0.1) is 0 Å². The zero-order valence-corrected chi connectivity index (χ0v) is 14.9. The summed E-state index contributed by atoms with van der Waals surface area (Å²) in [4.78, 5) is 24.2. The Morgan fingerprint density at radius 2 is 1.31 bits per heavy atom. The van der Waals surface area contributed by atoms with E-state index in [4.69, 9.17) is 0 Å². The highest BCUT2D eigenvalue weighted by Crippen LogP contribution is 2.30. The van der Waals surface area contributed by atoms with Crippen molar-refractivity contribution in [3.05, 3.63) is 70.8 Å². The van der Waals surface area contributed by atoms with Crippen molar-refractivity contribution in [3.63, 3.8) is 0 Å². The molecular weight excluding hydrogens is 404 g/mol. The fourth-order valence-electron chi connectivity index (χ4n) is 2.45. The molecule has 4 nitrogen and oxygen atoms in total. The first-order chi connectivity index (χ1) is 13.4. The van der Waals surface area contributed by atoms with Gasteiger partial charge in [0.1, 0.15) is 6.04 Å². The normalized spacial score (nSPS) is 12.9. The lowest BCUT2D eigenvalue weighted by atomic mass is 10.0. The van der Waals surface area contributed by atoms with Crippen molar-refractivity contribution in [1.29, 1.82) is 0 Å². The van der Waals surface area contributed by atoms with Crippen LogP contribution in [0.1, 0.15) is 27.0 Å². The Labute approximate surface area is 161 Å². The quantitative estimate of drug-likeness (QED) is 0.583. The highest BCUT2D eigenvalue weighted by molar-refractivity contribution is 5.96. The molecule has 0 aromatic heterocycles. The van der Waals surface area contributed by atoms with Crippen LogP contribution in [0.4, 0.5) is 26.3 Å². The molecule has 1 N–H and O–H groups in total. The number of esters is 1. The minimum Gasteiger partial charge on any atom is -0.467 e. The summed E-state index contributed by atoms with van der Waals surface area (Å²) in [6, 6.07) is 6.08. The average Bonchev–Trinajstić information content (AvgIpc) is 2.66. The highest BCUT2D eigenvalue weighted by atomic mass is 19.4. The number of ether oxygens (including phenoxy) is 1. The molecule has 0 fully saturated rings. The number of carbonyl (C=O) groups is 2. The highest BCUT2D eigenvalue weighted by Gasteiger charge is 2.31. The zero-order valence-electron chi connectivity index (χ0n) is 14.9. The summed E-state index contributed by atoms with van der Waals surface area (Å²) in [6.07, 6.45) is -9.25. The van der Waals surface area contributed by atoms with Crippen LogP contribution in [0.25, 0.3) is 0 Å². The second-order valence-corrected chi connectivity index (χ2v) is 6.02. The Morgan fingerprint density at radius 1 is 0.862 bits per heavy atom. The van der Waals surface area contributed by atoms with Gasteiger partial charge in [-0.1, -0.05) is 12.1 Å². The molecule has 0 unspecified atom stereocenters. The number of hydrogen-bond donors (Lipinski definition) is 1. The van der Waals surface area contributed by atoms with Gasteiger partial charge in [0.05, 0.1) is 18.2 Å². The number of nitrogens with one attached hydrogen (secondary N) is 1. The number of hydrogen-bond acceptors (Lipinski definition) is 3. The standard InChI is InChI=1S/C19H15F6NO3/c1-29-17(28)15(10-11-2-6-13(7-3-11)18(20,21)22)26-16(27)12-4-8-14(9-5-12)19(23,24)25/h2-9,15H,10H2,1H3,(H,26,27)/t15-/m1/s1. The van der Waals surface area contributed by atoms with Crippen LogP contribution < -0.4 is 5.32 Å². The topological polar surface area (TPSA) is 55.4 Å². The molecule has 0 heterocycles. The monoisotopic (exact) mass is 419 g/mol. The number of amides is 1. The summed E-state index contributed by atoms with van der Waals surface area (Å²) in [5.41, 5.74) is -1.62. The largest absolute Gasteiger partial charge is 0.467 e. The molecule has 1 amide bonds. The maximum atomic E-state index is 12.6. The van der Waals surface area contributed by atoms with Crippen LogP contribution in [-0.4, -0.2) is 25.0 Å². The first-order valence-corrected chi connectivity index (χ1v) is 8.14. The van der Waals surface area contributed by atoms with E-state index in [-0.39, 0.29) is 12.0 Å². The average molecular weight is 419 g/mol. The summed E-state index contributed by atoms with van der Waals surface area (Å²) in [7, 11) is 1.06. The third kappa shape index (κ3) is 5.97. The number of halogens is 6. The van der Waals surface area contributed by atoms with E-state index in [1.165, 1.54) is 0 Å². The Balaban J connectivity index is 2.14. The Bertz CT molecular complexity index is 857. The molecule has 2 aromatic rings. The Kier molecular flexibility index (Phi) is 6.55. The predicted molar refractivity (Wildman–Crippen MR) is 89.9 cm³/mol. The van der Waals surface area contributed by atoms with Gasteiger partial charge in [0.2, 0.25) is 0 Å². The number of carbonyl (C=O) groups excluding carboxylic acids is 2. The first kappa shape index (κ1) is 22.3. The van der Waals surface area contributed by atoms with E-state index >= 15 is 0 Å². The fourth-order valence-corrected chi connectivity index (χ4v) is 2.45. The number of alkyl halides is 6. The molecule has 2 aromatic carbocycles. The van der Waals surface area contributed by atoms with Gasteiger partial charge in [-0.05, 0) is 42.0 Å². The van der Waals surface area contributed by atoms with Crippen LogP contribution in [0.5, 0.6) is 0 Å². The molecule has 10 heteroatoms. The van der Waals surface area contributed by atoms with Gasteiger partial charge < -0.3 is 10.1 Å². The molecule has 0 saturated heterocycles. The van der Waals surface area contributed by atoms with E-state index < -0.39 is 41.4 Å².